The van der Waals surface area contributed by atoms with Gasteiger partial charge in [0.15, 0.2) is 17.4 Å². The van der Waals surface area contributed by atoms with Crippen molar-refractivity contribution >= 4 is 0 Å². The fourth-order valence-electron chi connectivity index (χ4n) is 2.13. The Bertz CT molecular complexity index is 402. The van der Waals surface area contributed by atoms with Gasteiger partial charge in [-0.1, -0.05) is 0 Å². The van der Waals surface area contributed by atoms with Gasteiger partial charge in [0.2, 0.25) is 0 Å². The van der Waals surface area contributed by atoms with Gasteiger partial charge in [0.05, 0.1) is 20.3 Å². The molecule has 1 N–H and O–H groups in total. The van der Waals surface area contributed by atoms with Gasteiger partial charge in [0.1, 0.15) is 0 Å². The van der Waals surface area contributed by atoms with Crippen LogP contribution in [0.1, 0.15) is 18.4 Å². The molecule has 5 heteroatoms. The minimum Gasteiger partial charge on any atom is -0.494 e. The molecular weight excluding hydrogens is 239 g/mol. The summed E-state index contributed by atoms with van der Waals surface area (Å²) in [6.45, 7) is 0.991. The Morgan fingerprint density at radius 2 is 2.11 bits per heavy atom. The SMILES string of the molecule is COc1ccc(C2(CCCO)OCCO2)cc1F. The zero-order chi connectivity index (χ0) is 13.0. The van der Waals surface area contributed by atoms with Crippen molar-refractivity contribution in [3.8, 4) is 5.75 Å². The van der Waals surface area contributed by atoms with Crippen molar-refractivity contribution in [3.63, 3.8) is 0 Å². The first-order valence-corrected chi connectivity index (χ1v) is 5.94. The third-order valence-electron chi connectivity index (χ3n) is 3.01. The van der Waals surface area contributed by atoms with Gasteiger partial charge in [-0.15, -0.1) is 0 Å². The topological polar surface area (TPSA) is 47.9 Å². The zero-order valence-corrected chi connectivity index (χ0v) is 10.3. The molecule has 1 aromatic carbocycles. The molecule has 1 aliphatic heterocycles. The fourth-order valence-corrected chi connectivity index (χ4v) is 2.13. The predicted octanol–water partition coefficient (Wildman–Crippen LogP) is 1.81. The largest absolute Gasteiger partial charge is 0.494 e. The van der Waals surface area contributed by atoms with Crippen molar-refractivity contribution in [2.45, 2.75) is 18.6 Å². The highest BCUT2D eigenvalue weighted by atomic mass is 19.1. The van der Waals surface area contributed by atoms with E-state index in [0.29, 0.717) is 31.6 Å². The molecule has 0 spiro atoms. The standard InChI is InChI=1S/C13H17FO4/c1-16-12-4-3-10(9-11(12)14)13(5-2-6-15)17-7-8-18-13/h3-4,9,15H,2,5-8H2,1H3. The summed E-state index contributed by atoms with van der Waals surface area (Å²) in [5.41, 5.74) is 0.617. The number of aliphatic hydroxyl groups excluding tert-OH is 1. The smallest absolute Gasteiger partial charge is 0.195 e. The molecule has 1 aliphatic rings. The summed E-state index contributed by atoms with van der Waals surface area (Å²) in [6.07, 6.45) is 1.03. The lowest BCUT2D eigenvalue weighted by Gasteiger charge is -2.27. The van der Waals surface area contributed by atoms with E-state index in [0.717, 1.165) is 0 Å². The molecule has 0 aliphatic carbocycles. The van der Waals surface area contributed by atoms with Crippen LogP contribution < -0.4 is 4.74 Å². The number of halogens is 1. The lowest BCUT2D eigenvalue weighted by Crippen LogP contribution is -2.27. The third-order valence-corrected chi connectivity index (χ3v) is 3.01. The van der Waals surface area contributed by atoms with Gasteiger partial charge in [0, 0.05) is 18.6 Å². The summed E-state index contributed by atoms with van der Waals surface area (Å²) < 4.78 is 29.8. The minimum atomic E-state index is -0.935. The quantitative estimate of drug-likeness (QED) is 0.872. The third kappa shape index (κ3) is 2.48. The van der Waals surface area contributed by atoms with E-state index in [1.54, 1.807) is 12.1 Å². The Morgan fingerprint density at radius 1 is 1.39 bits per heavy atom. The molecule has 0 amide bonds. The number of benzene rings is 1. The Hall–Kier alpha value is -1.17. The van der Waals surface area contributed by atoms with Crippen LogP contribution in [0.25, 0.3) is 0 Å². The number of methoxy groups -OCH3 is 1. The van der Waals surface area contributed by atoms with Crippen LogP contribution in [0, 0.1) is 5.82 Å². The van der Waals surface area contributed by atoms with Crippen molar-refractivity contribution in [2.75, 3.05) is 26.9 Å². The highest BCUT2D eigenvalue weighted by Gasteiger charge is 2.38. The first kappa shape index (κ1) is 13.3. The molecule has 0 aromatic heterocycles. The van der Waals surface area contributed by atoms with Crippen LogP contribution in [-0.4, -0.2) is 32.0 Å². The van der Waals surface area contributed by atoms with Crippen molar-refractivity contribution in [1.82, 2.24) is 0 Å². The molecule has 1 fully saturated rings. The summed E-state index contributed by atoms with van der Waals surface area (Å²) in [4.78, 5) is 0. The van der Waals surface area contributed by atoms with E-state index >= 15 is 0 Å². The van der Waals surface area contributed by atoms with Gasteiger partial charge < -0.3 is 19.3 Å². The Morgan fingerprint density at radius 3 is 2.67 bits per heavy atom. The van der Waals surface area contributed by atoms with Crippen molar-refractivity contribution in [3.05, 3.63) is 29.6 Å². The Kier molecular flexibility index (Phi) is 4.16. The van der Waals surface area contributed by atoms with Crippen LogP contribution in [0.5, 0.6) is 5.75 Å². The van der Waals surface area contributed by atoms with E-state index in [2.05, 4.69) is 0 Å². The van der Waals surface area contributed by atoms with Crippen LogP contribution in [-0.2, 0) is 15.3 Å². The van der Waals surface area contributed by atoms with Crippen molar-refractivity contribution < 1.29 is 23.7 Å². The average molecular weight is 256 g/mol. The highest BCUT2D eigenvalue weighted by molar-refractivity contribution is 5.32. The molecule has 0 saturated carbocycles. The second-order valence-corrected chi connectivity index (χ2v) is 4.13. The van der Waals surface area contributed by atoms with Gasteiger partial charge in [-0.25, -0.2) is 4.39 Å². The van der Waals surface area contributed by atoms with Crippen LogP contribution in [0.3, 0.4) is 0 Å². The van der Waals surface area contributed by atoms with Gasteiger partial charge in [-0.05, 0) is 24.6 Å². The zero-order valence-electron chi connectivity index (χ0n) is 10.3. The van der Waals surface area contributed by atoms with Crippen LogP contribution in [0.15, 0.2) is 18.2 Å². The lowest BCUT2D eigenvalue weighted by atomic mass is 10.0. The monoisotopic (exact) mass is 256 g/mol. The Balaban J connectivity index is 2.28. The molecule has 0 bridgehead atoms. The van der Waals surface area contributed by atoms with Crippen molar-refractivity contribution in [1.29, 1.82) is 0 Å². The predicted molar refractivity (Wildman–Crippen MR) is 62.9 cm³/mol. The minimum absolute atomic E-state index is 0.0487. The van der Waals surface area contributed by atoms with E-state index in [-0.39, 0.29) is 12.4 Å². The number of aliphatic hydroxyl groups is 1. The number of ether oxygens (including phenoxy) is 3. The van der Waals surface area contributed by atoms with Crippen LogP contribution >= 0.6 is 0 Å². The van der Waals surface area contributed by atoms with Gasteiger partial charge in [-0.3, -0.25) is 0 Å². The summed E-state index contributed by atoms with van der Waals surface area (Å²) in [5, 5.41) is 8.92. The summed E-state index contributed by atoms with van der Waals surface area (Å²) >= 11 is 0. The normalized spacial score (nSPS) is 17.9. The fraction of sp³-hybridized carbons (Fsp3) is 0.538. The molecule has 18 heavy (non-hydrogen) atoms. The highest BCUT2D eigenvalue weighted by Crippen LogP contribution is 2.37. The molecule has 4 nitrogen and oxygen atoms in total. The maximum atomic E-state index is 13.7. The second kappa shape index (κ2) is 5.65. The Labute approximate surface area is 105 Å². The van der Waals surface area contributed by atoms with E-state index in [4.69, 9.17) is 19.3 Å². The maximum absolute atomic E-state index is 13.7. The van der Waals surface area contributed by atoms with Gasteiger partial charge >= 0.3 is 0 Å². The molecule has 0 unspecified atom stereocenters. The number of rotatable bonds is 5. The van der Waals surface area contributed by atoms with Gasteiger partial charge in [-0.2, -0.15) is 0 Å². The number of hydrogen-bond acceptors (Lipinski definition) is 4. The van der Waals surface area contributed by atoms with E-state index in [1.165, 1.54) is 13.2 Å². The average Bonchev–Trinajstić information content (AvgIpc) is 2.86. The summed E-state index contributed by atoms with van der Waals surface area (Å²) in [5.74, 6) is -1.19. The van der Waals surface area contributed by atoms with Crippen LogP contribution in [0.4, 0.5) is 4.39 Å². The van der Waals surface area contributed by atoms with E-state index < -0.39 is 11.6 Å². The molecule has 0 radical (unpaired) electrons. The lowest BCUT2D eigenvalue weighted by molar-refractivity contribution is -0.172. The first-order chi connectivity index (χ1) is 8.72. The molecule has 2 rings (SSSR count). The van der Waals surface area contributed by atoms with Crippen molar-refractivity contribution in [2.24, 2.45) is 0 Å². The maximum Gasteiger partial charge on any atom is 0.195 e. The van der Waals surface area contributed by atoms with E-state index in [1.807, 2.05) is 0 Å². The summed E-state index contributed by atoms with van der Waals surface area (Å²) in [7, 11) is 1.42. The molecule has 0 atom stereocenters. The first-order valence-electron chi connectivity index (χ1n) is 5.94. The molecule has 1 aromatic rings. The summed E-state index contributed by atoms with van der Waals surface area (Å²) in [6, 6.07) is 4.64. The molecular formula is C13H17FO4. The molecule has 100 valence electrons. The van der Waals surface area contributed by atoms with E-state index in [9.17, 15) is 4.39 Å². The van der Waals surface area contributed by atoms with Crippen LogP contribution in [0.2, 0.25) is 0 Å². The van der Waals surface area contributed by atoms with Gasteiger partial charge in [0.25, 0.3) is 0 Å². The number of hydrogen-bond donors (Lipinski definition) is 1. The molecule has 1 saturated heterocycles. The molecule has 1 heterocycles. The second-order valence-electron chi connectivity index (χ2n) is 4.13.